The Hall–Kier alpha value is -21.2. The van der Waals surface area contributed by atoms with E-state index in [9.17, 15) is 21.0 Å². The first-order chi connectivity index (χ1) is 74.5. The SMILES string of the molecule is N#Cc1c(C#N)c(-n2c3cccc(-c4cccc5c4c4ccccc4n5-c4c(C#N)c(C#N)c(-n5c6ccccc6c6ccc7c(c8ccccc8n7-c7ccccc7)c65)c(-n5c6ccccc6c6ccccc65)c4-n4c5ccccc5c5ccccc54)c3c3ccc4c5ccccc5n(-c5ccccc5)c4c32)c(-n2c3ccccc3c3ccccc32)c(-n2c3ccccc3c3ccccc32)c1-n1c2ccccc2c2ccccc21. The summed E-state index contributed by atoms with van der Waals surface area (Å²) in [5.41, 5.74) is 26.4. The number of fused-ring (bicyclic) bond motifs is 32. The summed E-state index contributed by atoms with van der Waals surface area (Å²) in [4.78, 5) is 0. The molecule has 32 rings (SSSR count). The number of hydrogen-bond donors (Lipinski definition) is 0. The molecule has 0 fully saturated rings. The molecule has 0 atom stereocenters. The van der Waals surface area contributed by atoms with Gasteiger partial charge in [-0.1, -0.05) is 334 Å². The van der Waals surface area contributed by atoms with E-state index in [0.717, 1.165) is 241 Å². The van der Waals surface area contributed by atoms with Gasteiger partial charge in [-0.15, -0.1) is 0 Å². The van der Waals surface area contributed by atoms with Crippen LogP contribution >= 0.6 is 0 Å². The van der Waals surface area contributed by atoms with Crippen molar-refractivity contribution in [2.24, 2.45) is 0 Å². The van der Waals surface area contributed by atoms with E-state index in [1.165, 1.54) is 0 Å². The minimum atomic E-state index is 0.155. The molecule has 0 unspecified atom stereocenters. The predicted octanol–water partition coefficient (Wildman–Crippen LogP) is 33.8. The minimum absolute atomic E-state index is 0.155. The number of hydrogen-bond acceptors (Lipinski definition) is 4. The monoisotopic (exact) mass is 1900 g/mol. The lowest BCUT2D eigenvalue weighted by Crippen LogP contribution is -2.17. The molecule has 0 radical (unpaired) electrons. The Morgan fingerprint density at radius 2 is 0.313 bits per heavy atom. The van der Waals surface area contributed by atoms with Gasteiger partial charge in [-0.2, -0.15) is 21.0 Å². The molecule has 0 spiro atoms. The van der Waals surface area contributed by atoms with Crippen molar-refractivity contribution < 1.29 is 0 Å². The molecule has 0 bridgehead atoms. The molecule has 0 aliphatic rings. The Balaban J connectivity index is 0.777. The van der Waals surface area contributed by atoms with Crippen molar-refractivity contribution >= 4 is 218 Å². The van der Waals surface area contributed by atoms with Crippen molar-refractivity contribution in [1.29, 1.82) is 21.0 Å². The van der Waals surface area contributed by atoms with Crippen molar-refractivity contribution in [2.75, 3.05) is 0 Å². The molecular formula is C136H76N14. The molecule has 32 aromatic rings. The lowest BCUT2D eigenvalue weighted by Gasteiger charge is -2.28. The van der Waals surface area contributed by atoms with Gasteiger partial charge in [-0.05, 0) is 139 Å². The molecular weight excluding hydrogens is 1830 g/mol. The number of nitriles is 4. The van der Waals surface area contributed by atoms with Gasteiger partial charge in [0.05, 0.1) is 178 Å². The van der Waals surface area contributed by atoms with Gasteiger partial charge in [0.1, 0.15) is 24.3 Å². The quantitative estimate of drug-likeness (QED) is 0.127. The first-order valence-corrected chi connectivity index (χ1v) is 50.6. The fourth-order valence-electron chi connectivity index (χ4n) is 26.3. The Bertz CT molecular complexity index is 11600. The summed E-state index contributed by atoms with van der Waals surface area (Å²) in [5, 5.41) is 73.6. The maximum Gasteiger partial charge on any atom is 0.103 e. The number of aromatic nitrogens is 10. The predicted molar refractivity (Wildman–Crippen MR) is 614 cm³/mol. The van der Waals surface area contributed by atoms with Crippen LogP contribution in [0, 0.1) is 45.3 Å². The molecule has 14 heteroatoms. The van der Waals surface area contributed by atoms with E-state index >= 15 is 0 Å². The maximum atomic E-state index is 13.6. The highest BCUT2D eigenvalue weighted by atomic mass is 15.2. The van der Waals surface area contributed by atoms with Gasteiger partial charge in [0.15, 0.2) is 0 Å². The van der Waals surface area contributed by atoms with Crippen LogP contribution in [0.25, 0.3) is 286 Å². The minimum Gasteiger partial charge on any atom is -0.309 e. The summed E-state index contributed by atoms with van der Waals surface area (Å²) in [5.74, 6) is 0. The third-order valence-electron chi connectivity index (χ3n) is 32.0. The molecule has 0 aliphatic heterocycles. The van der Waals surface area contributed by atoms with E-state index in [1.807, 2.05) is 0 Å². The van der Waals surface area contributed by atoms with Crippen molar-refractivity contribution in [3.05, 3.63) is 483 Å². The zero-order valence-electron chi connectivity index (χ0n) is 80.1. The van der Waals surface area contributed by atoms with E-state index in [1.54, 1.807) is 0 Å². The Morgan fingerprint density at radius 3 is 0.647 bits per heavy atom. The average Bonchev–Trinajstić information content (AvgIpc) is 1.50. The lowest BCUT2D eigenvalue weighted by atomic mass is 9.95. The van der Waals surface area contributed by atoms with Crippen LogP contribution in [0.2, 0.25) is 0 Å². The fourth-order valence-corrected chi connectivity index (χ4v) is 26.3. The number of nitrogens with zero attached hydrogens (tertiary/aromatic N) is 14. The zero-order valence-corrected chi connectivity index (χ0v) is 80.1. The molecule has 10 heterocycles. The van der Waals surface area contributed by atoms with Crippen LogP contribution in [-0.2, 0) is 0 Å². The van der Waals surface area contributed by atoms with Crippen LogP contribution in [0.1, 0.15) is 22.3 Å². The highest BCUT2D eigenvalue weighted by molar-refractivity contribution is 6.31. The highest BCUT2D eigenvalue weighted by Crippen LogP contribution is 2.57. The summed E-state index contributed by atoms with van der Waals surface area (Å²) < 4.78 is 23.6. The van der Waals surface area contributed by atoms with Gasteiger partial charge >= 0.3 is 0 Å². The average molecular weight is 1910 g/mol. The van der Waals surface area contributed by atoms with E-state index in [-0.39, 0.29) is 22.3 Å². The van der Waals surface area contributed by atoms with Crippen LogP contribution in [0.15, 0.2) is 461 Å². The number of rotatable bonds is 11. The van der Waals surface area contributed by atoms with E-state index in [0.29, 0.717) is 45.5 Å². The lowest BCUT2D eigenvalue weighted by molar-refractivity contribution is 1.01. The number of para-hydroxylation sites is 16. The first-order valence-electron chi connectivity index (χ1n) is 50.6. The molecule has 0 saturated heterocycles. The number of benzene rings is 22. The van der Waals surface area contributed by atoms with Gasteiger partial charge in [-0.3, -0.25) is 0 Å². The van der Waals surface area contributed by atoms with Gasteiger partial charge in [-0.25, -0.2) is 0 Å². The molecule has 0 amide bonds. The Labute approximate surface area is 854 Å². The van der Waals surface area contributed by atoms with E-state index in [4.69, 9.17) is 0 Å². The van der Waals surface area contributed by atoms with Crippen LogP contribution in [0.5, 0.6) is 0 Å². The molecule has 22 aromatic carbocycles. The van der Waals surface area contributed by atoms with Crippen molar-refractivity contribution in [1.82, 2.24) is 45.7 Å². The highest BCUT2D eigenvalue weighted by Gasteiger charge is 2.40. The largest absolute Gasteiger partial charge is 0.309 e. The molecule has 0 saturated carbocycles. The van der Waals surface area contributed by atoms with Gasteiger partial charge in [0, 0.05) is 119 Å². The van der Waals surface area contributed by atoms with Gasteiger partial charge in [0.2, 0.25) is 0 Å². The summed E-state index contributed by atoms with van der Waals surface area (Å²) in [6.07, 6.45) is 0. The standard InChI is InChI=1S/C136H76N14/c137-77-102-105(80-140)132(136(147-115-66-30-15-49-91(115)92-50-16-31-67-116(92)147)133(144-109-60-24-9-43-85(109)86-44-10-25-61-110(86)144)129(102)143-107-58-22-7-41-83(107)84-42-8-23-59-108(84)143)150-121-72-36-56-96(124(121)101-74-73-98-94-52-17-21-57-106(94)142(127(98)128(101)150)82-39-5-2-6-40-82)95-55-35-71-120-123(95)99-53-19-34-70-119(99)148(120)130-103(78-138)104(79-139)131(149-117-68-32-18-51-93(117)97-75-76-122-125(126(97)149)100-54-20-33-69-118(100)141(122)81-37-3-1-4-38-81)135(146-113-64-28-13-47-89(113)90-48-14-29-65-114(90)146)134(130)145-111-62-26-11-45-87(111)88-46-12-27-63-112(88)145/h1-76H. The fraction of sp³-hybridized carbons (Fsp3) is 0. The molecule has 150 heavy (non-hydrogen) atoms. The second-order valence-corrected chi connectivity index (χ2v) is 39.1. The van der Waals surface area contributed by atoms with Crippen LogP contribution in [-0.4, -0.2) is 45.7 Å². The second kappa shape index (κ2) is 31.2. The van der Waals surface area contributed by atoms with Crippen molar-refractivity contribution in [3.8, 4) is 92.3 Å². The van der Waals surface area contributed by atoms with Gasteiger partial charge < -0.3 is 45.7 Å². The van der Waals surface area contributed by atoms with Crippen LogP contribution in [0.4, 0.5) is 0 Å². The molecule has 14 nitrogen and oxygen atoms in total. The molecule has 10 aromatic heterocycles. The topological polar surface area (TPSA) is 144 Å². The summed E-state index contributed by atoms with van der Waals surface area (Å²) in [7, 11) is 0. The molecule has 0 N–H and O–H groups in total. The van der Waals surface area contributed by atoms with Crippen molar-refractivity contribution in [2.45, 2.75) is 0 Å². The Morgan fingerprint density at radius 1 is 0.120 bits per heavy atom. The summed E-state index contributed by atoms with van der Waals surface area (Å²) >= 11 is 0. The van der Waals surface area contributed by atoms with Crippen LogP contribution < -0.4 is 0 Å². The second-order valence-electron chi connectivity index (χ2n) is 39.1. The zero-order chi connectivity index (χ0) is 98.7. The van der Waals surface area contributed by atoms with Crippen LogP contribution in [0.3, 0.4) is 0 Å². The van der Waals surface area contributed by atoms with Gasteiger partial charge in [0.25, 0.3) is 0 Å². The molecule has 690 valence electrons. The Kier molecular flexibility index (Phi) is 17.1. The maximum absolute atomic E-state index is 13.6. The third kappa shape index (κ3) is 10.8. The summed E-state index contributed by atoms with van der Waals surface area (Å²) in [6.45, 7) is 0. The molecule has 0 aliphatic carbocycles. The first kappa shape index (κ1) is 82.4. The summed E-state index contributed by atoms with van der Waals surface area (Å²) in [6, 6.07) is 176. The normalized spacial score (nSPS) is 12.1. The third-order valence-corrected chi connectivity index (χ3v) is 32.0. The van der Waals surface area contributed by atoms with E-state index in [2.05, 4.69) is 531 Å². The smallest absolute Gasteiger partial charge is 0.103 e. The van der Waals surface area contributed by atoms with E-state index < -0.39 is 0 Å². The van der Waals surface area contributed by atoms with Crippen molar-refractivity contribution in [3.63, 3.8) is 0 Å².